The largest absolute Gasteiger partial charge is 0.326 e. The summed E-state index contributed by atoms with van der Waals surface area (Å²) < 4.78 is 0. The van der Waals surface area contributed by atoms with Crippen molar-refractivity contribution < 1.29 is 4.79 Å². The molecule has 2 aromatic carbocycles. The summed E-state index contributed by atoms with van der Waals surface area (Å²) in [5.74, 6) is 2.55. The molecule has 2 heteroatoms. The number of aryl methyl sites for hydroxylation is 1. The number of carbonyl (C=O) groups excluding carboxylic acids is 1. The van der Waals surface area contributed by atoms with Crippen molar-refractivity contribution in [1.82, 2.24) is 0 Å². The summed E-state index contributed by atoms with van der Waals surface area (Å²) in [7, 11) is 0. The van der Waals surface area contributed by atoms with Crippen LogP contribution >= 0.6 is 0 Å². The Morgan fingerprint density at radius 2 is 1.89 bits per heavy atom. The average Bonchev–Trinajstić information content (AvgIpc) is 2.46. The first-order valence-corrected chi connectivity index (χ1v) is 6.18. The van der Waals surface area contributed by atoms with Crippen LogP contribution in [0.2, 0.25) is 0 Å². The van der Waals surface area contributed by atoms with Gasteiger partial charge >= 0.3 is 0 Å². The quantitative estimate of drug-likeness (QED) is 0.828. The number of hydrogen-bond donors (Lipinski definition) is 1. The van der Waals surface area contributed by atoms with Gasteiger partial charge in [0.25, 0.3) is 0 Å². The van der Waals surface area contributed by atoms with Gasteiger partial charge in [-0.3, -0.25) is 4.79 Å². The Bertz CT molecular complexity index is 596. The topological polar surface area (TPSA) is 29.1 Å². The third kappa shape index (κ3) is 4.01. The van der Waals surface area contributed by atoms with Gasteiger partial charge in [-0.05, 0) is 30.2 Å². The minimum Gasteiger partial charge on any atom is -0.326 e. The fourth-order valence-corrected chi connectivity index (χ4v) is 1.81. The first-order chi connectivity index (χ1) is 9.28. The lowest BCUT2D eigenvalue weighted by Gasteiger charge is -2.05. The monoisotopic (exact) mass is 249 g/mol. The molecule has 94 valence electrons. The van der Waals surface area contributed by atoms with Crippen LogP contribution < -0.4 is 5.32 Å². The molecule has 0 saturated carbocycles. The Morgan fingerprint density at radius 3 is 2.63 bits per heavy atom. The molecule has 0 saturated heterocycles. The van der Waals surface area contributed by atoms with Gasteiger partial charge in [0.05, 0.1) is 0 Å². The van der Waals surface area contributed by atoms with E-state index in [4.69, 9.17) is 6.42 Å². The van der Waals surface area contributed by atoms with Crippen molar-refractivity contribution in [2.75, 3.05) is 5.32 Å². The number of terminal acetylenes is 1. The fourth-order valence-electron chi connectivity index (χ4n) is 1.81. The molecule has 1 N–H and O–H groups in total. The van der Waals surface area contributed by atoms with Crippen LogP contribution in [0.4, 0.5) is 5.69 Å². The first-order valence-electron chi connectivity index (χ1n) is 6.18. The molecular weight excluding hydrogens is 234 g/mol. The molecule has 0 atom stereocenters. The number of nitrogens with one attached hydrogen (secondary N) is 1. The lowest BCUT2D eigenvalue weighted by Crippen LogP contribution is -2.12. The third-order valence-electron chi connectivity index (χ3n) is 2.80. The maximum absolute atomic E-state index is 11.8. The SMILES string of the molecule is C#Cc1cccc(NC(=O)CCc2ccccc2)c1. The van der Waals surface area contributed by atoms with E-state index in [9.17, 15) is 4.79 Å². The van der Waals surface area contributed by atoms with E-state index in [0.717, 1.165) is 23.2 Å². The van der Waals surface area contributed by atoms with Crippen LogP contribution in [0.3, 0.4) is 0 Å². The lowest BCUT2D eigenvalue weighted by molar-refractivity contribution is -0.116. The molecule has 0 heterocycles. The van der Waals surface area contributed by atoms with Crippen molar-refractivity contribution in [3.8, 4) is 12.3 Å². The molecule has 0 radical (unpaired) electrons. The Kier molecular flexibility index (Phi) is 4.36. The van der Waals surface area contributed by atoms with E-state index in [1.807, 2.05) is 48.5 Å². The van der Waals surface area contributed by atoms with Gasteiger partial charge in [0.15, 0.2) is 0 Å². The van der Waals surface area contributed by atoms with Crippen LogP contribution in [0.1, 0.15) is 17.5 Å². The van der Waals surface area contributed by atoms with Gasteiger partial charge in [-0.1, -0.05) is 42.3 Å². The average molecular weight is 249 g/mol. The highest BCUT2D eigenvalue weighted by atomic mass is 16.1. The molecule has 2 aromatic rings. The minimum absolute atomic E-state index is 0.00183. The predicted octanol–water partition coefficient (Wildman–Crippen LogP) is 3.24. The second-order valence-corrected chi connectivity index (χ2v) is 4.26. The summed E-state index contributed by atoms with van der Waals surface area (Å²) in [6.07, 6.45) is 6.52. The number of benzene rings is 2. The second kappa shape index (κ2) is 6.42. The summed E-state index contributed by atoms with van der Waals surface area (Å²) in [5, 5.41) is 2.85. The Balaban J connectivity index is 1.89. The molecule has 0 bridgehead atoms. The second-order valence-electron chi connectivity index (χ2n) is 4.26. The van der Waals surface area contributed by atoms with Crippen molar-refractivity contribution >= 4 is 11.6 Å². The van der Waals surface area contributed by atoms with E-state index in [1.165, 1.54) is 0 Å². The zero-order valence-corrected chi connectivity index (χ0v) is 10.6. The van der Waals surface area contributed by atoms with Crippen molar-refractivity contribution in [1.29, 1.82) is 0 Å². The highest BCUT2D eigenvalue weighted by molar-refractivity contribution is 5.91. The van der Waals surface area contributed by atoms with Crippen LogP contribution in [0.15, 0.2) is 54.6 Å². The maximum atomic E-state index is 11.8. The summed E-state index contributed by atoms with van der Waals surface area (Å²) in [5.41, 5.74) is 2.67. The molecule has 0 unspecified atom stereocenters. The van der Waals surface area contributed by atoms with Gasteiger partial charge in [-0.25, -0.2) is 0 Å². The molecule has 0 aliphatic heterocycles. The third-order valence-corrected chi connectivity index (χ3v) is 2.80. The highest BCUT2D eigenvalue weighted by Crippen LogP contribution is 2.11. The van der Waals surface area contributed by atoms with Gasteiger partial charge in [0.1, 0.15) is 0 Å². The van der Waals surface area contributed by atoms with Crippen LogP contribution in [0, 0.1) is 12.3 Å². The van der Waals surface area contributed by atoms with Crippen molar-refractivity contribution in [3.63, 3.8) is 0 Å². The highest BCUT2D eigenvalue weighted by Gasteiger charge is 2.03. The molecule has 0 aromatic heterocycles. The summed E-state index contributed by atoms with van der Waals surface area (Å²) in [4.78, 5) is 11.8. The van der Waals surface area contributed by atoms with Crippen molar-refractivity contribution in [2.45, 2.75) is 12.8 Å². The van der Waals surface area contributed by atoms with E-state index in [2.05, 4.69) is 11.2 Å². The standard InChI is InChI=1S/C17H15NO/c1-2-14-9-6-10-16(13-14)18-17(19)12-11-15-7-4-3-5-8-15/h1,3-10,13H,11-12H2,(H,18,19). The Labute approximate surface area is 113 Å². The maximum Gasteiger partial charge on any atom is 0.224 e. The summed E-state index contributed by atoms with van der Waals surface area (Å²) in [6.45, 7) is 0. The number of anilines is 1. The molecule has 0 fully saturated rings. The summed E-state index contributed by atoms with van der Waals surface area (Å²) in [6, 6.07) is 17.3. The van der Waals surface area contributed by atoms with E-state index in [-0.39, 0.29) is 5.91 Å². The molecular formula is C17H15NO. The molecule has 2 rings (SSSR count). The van der Waals surface area contributed by atoms with Crippen LogP contribution in [0.5, 0.6) is 0 Å². The van der Waals surface area contributed by atoms with Crippen LogP contribution in [0.25, 0.3) is 0 Å². The Morgan fingerprint density at radius 1 is 1.11 bits per heavy atom. The number of carbonyl (C=O) groups is 1. The van der Waals surface area contributed by atoms with E-state index >= 15 is 0 Å². The van der Waals surface area contributed by atoms with Gasteiger partial charge in [-0.15, -0.1) is 6.42 Å². The predicted molar refractivity (Wildman–Crippen MR) is 77.8 cm³/mol. The van der Waals surface area contributed by atoms with E-state index in [1.54, 1.807) is 6.07 Å². The van der Waals surface area contributed by atoms with Gasteiger partial charge in [0, 0.05) is 17.7 Å². The molecule has 2 nitrogen and oxygen atoms in total. The zero-order valence-electron chi connectivity index (χ0n) is 10.6. The van der Waals surface area contributed by atoms with E-state index in [0.29, 0.717) is 6.42 Å². The minimum atomic E-state index is -0.00183. The lowest BCUT2D eigenvalue weighted by atomic mass is 10.1. The molecule has 0 aliphatic carbocycles. The molecule has 0 aliphatic rings. The number of hydrogen-bond acceptors (Lipinski definition) is 1. The normalized spacial score (nSPS) is 9.63. The van der Waals surface area contributed by atoms with Crippen molar-refractivity contribution in [3.05, 3.63) is 65.7 Å². The Hall–Kier alpha value is -2.53. The van der Waals surface area contributed by atoms with E-state index < -0.39 is 0 Å². The van der Waals surface area contributed by atoms with Gasteiger partial charge < -0.3 is 5.32 Å². The van der Waals surface area contributed by atoms with Crippen molar-refractivity contribution in [2.24, 2.45) is 0 Å². The van der Waals surface area contributed by atoms with Gasteiger partial charge in [0.2, 0.25) is 5.91 Å². The van der Waals surface area contributed by atoms with Crippen LogP contribution in [-0.2, 0) is 11.2 Å². The number of amides is 1. The smallest absolute Gasteiger partial charge is 0.224 e. The molecule has 19 heavy (non-hydrogen) atoms. The van der Waals surface area contributed by atoms with Crippen LogP contribution in [-0.4, -0.2) is 5.91 Å². The number of rotatable bonds is 4. The first kappa shape index (κ1) is 12.9. The van der Waals surface area contributed by atoms with Gasteiger partial charge in [-0.2, -0.15) is 0 Å². The molecule has 1 amide bonds. The fraction of sp³-hybridized carbons (Fsp3) is 0.118. The molecule has 0 spiro atoms. The summed E-state index contributed by atoms with van der Waals surface area (Å²) >= 11 is 0. The zero-order chi connectivity index (χ0) is 13.5.